The molecule has 2 aromatic heterocycles. The van der Waals surface area contributed by atoms with E-state index >= 15 is 0 Å². The maximum absolute atomic E-state index is 4.51. The lowest BCUT2D eigenvalue weighted by Crippen LogP contribution is -2.02. The van der Waals surface area contributed by atoms with Crippen LogP contribution in [0.1, 0.15) is 11.3 Å². The summed E-state index contributed by atoms with van der Waals surface area (Å²) in [5.74, 6) is 0.329. The molecule has 2 aromatic carbocycles. The second kappa shape index (κ2) is 6.48. The molecule has 0 spiro atoms. The van der Waals surface area contributed by atoms with Crippen molar-refractivity contribution in [3.05, 3.63) is 71.9 Å². The summed E-state index contributed by atoms with van der Waals surface area (Å²) >= 11 is 0. The highest BCUT2D eigenvalue weighted by Crippen LogP contribution is 2.18. The Bertz CT molecular complexity index is 1020. The van der Waals surface area contributed by atoms with E-state index < -0.39 is 0 Å². The number of hydrogen-bond acceptors (Lipinski definition) is 6. The predicted octanol–water partition coefficient (Wildman–Crippen LogP) is 2.96. The Morgan fingerprint density at radius 3 is 2.44 bits per heavy atom. The van der Waals surface area contributed by atoms with Crippen LogP contribution in [0.4, 0.5) is 5.95 Å². The number of rotatable bonds is 4. The fourth-order valence-electron chi connectivity index (χ4n) is 2.45. The third-order valence-corrected chi connectivity index (χ3v) is 3.64. The lowest BCUT2D eigenvalue weighted by molar-refractivity contribution is 0.862. The molecule has 7 heteroatoms. The zero-order chi connectivity index (χ0) is 17.1. The van der Waals surface area contributed by atoms with Gasteiger partial charge in [0, 0.05) is 0 Å². The molecule has 2 heterocycles. The average Bonchev–Trinajstić information content (AvgIpc) is 3.00. The largest absolute Gasteiger partial charge is 0.263 e. The van der Waals surface area contributed by atoms with Crippen molar-refractivity contribution in [1.82, 2.24) is 25.0 Å². The first-order valence-corrected chi connectivity index (χ1v) is 7.81. The van der Waals surface area contributed by atoms with Crippen LogP contribution < -0.4 is 5.43 Å². The highest BCUT2D eigenvalue weighted by atomic mass is 15.4. The van der Waals surface area contributed by atoms with Crippen molar-refractivity contribution in [2.24, 2.45) is 5.10 Å². The minimum Gasteiger partial charge on any atom is -0.244 e. The molecule has 0 aliphatic rings. The van der Waals surface area contributed by atoms with E-state index in [9.17, 15) is 0 Å². The number of nitrogens with zero attached hydrogens (tertiary/aromatic N) is 6. The lowest BCUT2D eigenvalue weighted by Gasteiger charge is -2.01. The van der Waals surface area contributed by atoms with Gasteiger partial charge in [-0.1, -0.05) is 48.5 Å². The molecule has 0 bridgehead atoms. The summed E-state index contributed by atoms with van der Waals surface area (Å²) in [6, 6.07) is 19.6. The van der Waals surface area contributed by atoms with Crippen LogP contribution in [-0.4, -0.2) is 31.2 Å². The van der Waals surface area contributed by atoms with Gasteiger partial charge in [-0.05, 0) is 24.6 Å². The van der Waals surface area contributed by atoms with Gasteiger partial charge < -0.3 is 0 Å². The maximum Gasteiger partial charge on any atom is 0.263 e. The van der Waals surface area contributed by atoms with E-state index in [0.29, 0.717) is 17.1 Å². The standard InChI is InChI=1S/C18H15N7/c1-13-16-17(25(24-13)15-10-6-3-7-11-15)21-23-18(20-16)22-19-12-14-8-4-2-5-9-14/h2-12H,1H3,(H,20,22,23)/b19-12-. The van der Waals surface area contributed by atoms with Crippen molar-refractivity contribution >= 4 is 23.3 Å². The van der Waals surface area contributed by atoms with Gasteiger partial charge in [0.05, 0.1) is 17.6 Å². The molecule has 0 amide bonds. The van der Waals surface area contributed by atoms with E-state index in [1.807, 2.05) is 67.6 Å². The molecular weight excluding hydrogens is 314 g/mol. The van der Waals surface area contributed by atoms with Gasteiger partial charge in [-0.2, -0.15) is 10.2 Å². The zero-order valence-electron chi connectivity index (χ0n) is 13.5. The van der Waals surface area contributed by atoms with Crippen molar-refractivity contribution in [2.45, 2.75) is 6.92 Å². The van der Waals surface area contributed by atoms with E-state index in [1.165, 1.54) is 0 Å². The summed E-state index contributed by atoms with van der Waals surface area (Å²) in [7, 11) is 0. The number of hydrogen-bond donors (Lipinski definition) is 1. The monoisotopic (exact) mass is 329 g/mol. The van der Waals surface area contributed by atoms with Crippen LogP contribution in [0.5, 0.6) is 0 Å². The molecule has 0 saturated heterocycles. The Balaban J connectivity index is 1.63. The molecule has 0 atom stereocenters. The number of anilines is 1. The Morgan fingerprint density at radius 2 is 1.68 bits per heavy atom. The molecule has 4 rings (SSSR count). The Morgan fingerprint density at radius 1 is 0.960 bits per heavy atom. The number of para-hydroxylation sites is 1. The number of aromatic nitrogens is 5. The maximum atomic E-state index is 4.51. The summed E-state index contributed by atoms with van der Waals surface area (Å²) in [6.45, 7) is 1.90. The van der Waals surface area contributed by atoms with Crippen LogP contribution in [0, 0.1) is 6.92 Å². The fourth-order valence-corrected chi connectivity index (χ4v) is 2.45. The summed E-state index contributed by atoms with van der Waals surface area (Å²) in [5, 5.41) is 17.0. The molecular formula is C18H15N7. The highest BCUT2D eigenvalue weighted by molar-refractivity contribution is 5.80. The minimum absolute atomic E-state index is 0.329. The number of benzene rings is 2. The second-order valence-electron chi connectivity index (χ2n) is 5.42. The van der Waals surface area contributed by atoms with Gasteiger partial charge in [-0.3, -0.25) is 0 Å². The van der Waals surface area contributed by atoms with Crippen LogP contribution in [0.2, 0.25) is 0 Å². The molecule has 122 valence electrons. The third kappa shape index (κ3) is 3.07. The summed E-state index contributed by atoms with van der Waals surface area (Å²) in [6.07, 6.45) is 1.70. The molecule has 1 N–H and O–H groups in total. The Kier molecular flexibility index (Phi) is 3.88. The van der Waals surface area contributed by atoms with Gasteiger partial charge in [0.15, 0.2) is 0 Å². The Labute approximate surface area is 144 Å². The van der Waals surface area contributed by atoms with E-state index in [4.69, 9.17) is 0 Å². The Hall–Kier alpha value is -3.61. The van der Waals surface area contributed by atoms with Crippen LogP contribution >= 0.6 is 0 Å². The zero-order valence-corrected chi connectivity index (χ0v) is 13.5. The van der Waals surface area contributed by atoms with Crippen molar-refractivity contribution in [3.8, 4) is 5.69 Å². The van der Waals surface area contributed by atoms with Crippen molar-refractivity contribution in [2.75, 3.05) is 5.43 Å². The normalized spacial score (nSPS) is 11.2. The van der Waals surface area contributed by atoms with Crippen LogP contribution in [0.3, 0.4) is 0 Å². The molecule has 7 nitrogen and oxygen atoms in total. The van der Waals surface area contributed by atoms with E-state index in [0.717, 1.165) is 16.9 Å². The van der Waals surface area contributed by atoms with Gasteiger partial charge >= 0.3 is 0 Å². The van der Waals surface area contributed by atoms with Crippen LogP contribution in [0.15, 0.2) is 65.8 Å². The quantitative estimate of drug-likeness (QED) is 0.460. The van der Waals surface area contributed by atoms with E-state index in [2.05, 4.69) is 30.8 Å². The second-order valence-corrected chi connectivity index (χ2v) is 5.42. The topological polar surface area (TPSA) is 80.9 Å². The molecule has 0 unspecified atom stereocenters. The molecule has 25 heavy (non-hydrogen) atoms. The fraction of sp³-hybridized carbons (Fsp3) is 0.0556. The number of nitrogens with one attached hydrogen (secondary N) is 1. The first kappa shape index (κ1) is 14.9. The summed E-state index contributed by atoms with van der Waals surface area (Å²) < 4.78 is 1.74. The number of aryl methyl sites for hydroxylation is 1. The third-order valence-electron chi connectivity index (χ3n) is 3.64. The lowest BCUT2D eigenvalue weighted by atomic mass is 10.2. The average molecular weight is 329 g/mol. The molecule has 0 aliphatic carbocycles. The summed E-state index contributed by atoms with van der Waals surface area (Å²) in [5.41, 5.74) is 6.79. The van der Waals surface area contributed by atoms with E-state index in [1.54, 1.807) is 10.9 Å². The summed E-state index contributed by atoms with van der Waals surface area (Å²) in [4.78, 5) is 4.47. The predicted molar refractivity (Wildman–Crippen MR) is 96.9 cm³/mol. The van der Waals surface area contributed by atoms with Crippen molar-refractivity contribution < 1.29 is 0 Å². The van der Waals surface area contributed by atoms with Crippen molar-refractivity contribution in [3.63, 3.8) is 0 Å². The van der Waals surface area contributed by atoms with Gasteiger partial charge in [-0.15, -0.1) is 10.2 Å². The SMILES string of the molecule is Cc1nn(-c2ccccc2)c2nnc(N/N=C\c3ccccc3)nc12. The van der Waals surface area contributed by atoms with E-state index in [-0.39, 0.29) is 0 Å². The minimum atomic E-state index is 0.329. The first-order chi connectivity index (χ1) is 12.3. The number of fused-ring (bicyclic) bond motifs is 1. The number of hydrazone groups is 1. The van der Waals surface area contributed by atoms with Gasteiger partial charge in [0.2, 0.25) is 5.65 Å². The van der Waals surface area contributed by atoms with Gasteiger partial charge in [0.25, 0.3) is 5.95 Å². The smallest absolute Gasteiger partial charge is 0.244 e. The van der Waals surface area contributed by atoms with Crippen LogP contribution in [-0.2, 0) is 0 Å². The molecule has 0 fully saturated rings. The molecule has 0 radical (unpaired) electrons. The van der Waals surface area contributed by atoms with Crippen LogP contribution in [0.25, 0.3) is 16.9 Å². The van der Waals surface area contributed by atoms with Gasteiger partial charge in [0.1, 0.15) is 5.52 Å². The van der Waals surface area contributed by atoms with Gasteiger partial charge in [-0.25, -0.2) is 15.1 Å². The molecule has 0 aliphatic heterocycles. The first-order valence-electron chi connectivity index (χ1n) is 7.81. The van der Waals surface area contributed by atoms with Crippen molar-refractivity contribution in [1.29, 1.82) is 0 Å². The molecule has 4 aromatic rings. The highest BCUT2D eigenvalue weighted by Gasteiger charge is 2.13. The molecule has 0 saturated carbocycles.